The maximum absolute atomic E-state index is 12.9. The topological polar surface area (TPSA) is 54.4 Å². The van der Waals surface area contributed by atoms with E-state index < -0.39 is 5.41 Å². The fraction of sp³-hybridized carbons (Fsp3) is 0.800. The molecule has 0 aliphatic heterocycles. The van der Waals surface area contributed by atoms with Crippen molar-refractivity contribution in [2.75, 3.05) is 6.61 Å². The van der Waals surface area contributed by atoms with Crippen molar-refractivity contribution >= 4 is 11.6 Å². The second kappa shape index (κ2) is 4.56. The number of rotatable bonds is 1. The van der Waals surface area contributed by atoms with E-state index in [9.17, 15) is 14.7 Å². The van der Waals surface area contributed by atoms with Crippen molar-refractivity contribution in [3.63, 3.8) is 0 Å². The molecule has 1 spiro atoms. The Bertz CT molecular complexity index is 608. The van der Waals surface area contributed by atoms with E-state index >= 15 is 0 Å². The third-order valence-corrected chi connectivity index (χ3v) is 8.39. The van der Waals surface area contributed by atoms with Crippen LogP contribution in [0.15, 0.2) is 12.2 Å². The molecule has 3 nitrogen and oxygen atoms in total. The van der Waals surface area contributed by atoms with Crippen LogP contribution in [-0.4, -0.2) is 23.3 Å². The van der Waals surface area contributed by atoms with Gasteiger partial charge in [0.15, 0.2) is 0 Å². The first-order valence-corrected chi connectivity index (χ1v) is 9.13. The minimum absolute atomic E-state index is 0.00132. The van der Waals surface area contributed by atoms with Crippen LogP contribution >= 0.6 is 0 Å². The van der Waals surface area contributed by atoms with Gasteiger partial charge in [-0.2, -0.15) is 0 Å². The second-order valence-electron chi connectivity index (χ2n) is 9.20. The number of allylic oxidation sites excluding steroid dienone is 1. The summed E-state index contributed by atoms with van der Waals surface area (Å²) in [6, 6.07) is 0. The van der Waals surface area contributed by atoms with Crippen molar-refractivity contribution < 1.29 is 14.7 Å². The van der Waals surface area contributed by atoms with Gasteiger partial charge in [-0.15, -0.1) is 0 Å². The fourth-order valence-electron chi connectivity index (χ4n) is 7.03. The number of hydrogen-bond donors (Lipinski definition) is 1. The molecule has 6 unspecified atom stereocenters. The lowest BCUT2D eigenvalue weighted by atomic mass is 9.36. The van der Waals surface area contributed by atoms with Gasteiger partial charge in [-0.1, -0.05) is 26.0 Å². The minimum Gasteiger partial charge on any atom is -0.395 e. The van der Waals surface area contributed by atoms with Crippen LogP contribution in [0.5, 0.6) is 0 Å². The van der Waals surface area contributed by atoms with E-state index in [4.69, 9.17) is 0 Å². The van der Waals surface area contributed by atoms with Gasteiger partial charge < -0.3 is 5.11 Å². The van der Waals surface area contributed by atoms with E-state index in [-0.39, 0.29) is 29.1 Å². The quantitative estimate of drug-likeness (QED) is 0.755. The molecule has 6 atom stereocenters. The summed E-state index contributed by atoms with van der Waals surface area (Å²) in [5.41, 5.74) is 0.442. The molecule has 5 rings (SSSR count). The second-order valence-corrected chi connectivity index (χ2v) is 9.20. The van der Waals surface area contributed by atoms with Crippen LogP contribution in [-0.2, 0) is 9.59 Å². The summed E-state index contributed by atoms with van der Waals surface area (Å²) < 4.78 is 0. The number of aliphatic hydroxyl groups is 1. The smallest absolute Gasteiger partial charge is 0.141 e. The maximum Gasteiger partial charge on any atom is 0.141 e. The molecule has 5 aliphatic rings. The molecule has 0 aromatic rings. The number of fused-ring (bicyclic) bond motifs is 3. The molecule has 0 aromatic carbocycles. The van der Waals surface area contributed by atoms with Gasteiger partial charge in [0.2, 0.25) is 0 Å². The average Bonchev–Trinajstić information content (AvgIpc) is 2.52. The van der Waals surface area contributed by atoms with Gasteiger partial charge in [-0.25, -0.2) is 0 Å². The van der Waals surface area contributed by atoms with Crippen LogP contribution in [0, 0.1) is 34.0 Å². The Hall–Kier alpha value is -0.960. The van der Waals surface area contributed by atoms with Gasteiger partial charge in [-0.3, -0.25) is 9.59 Å². The number of ketones is 2. The van der Waals surface area contributed by atoms with Gasteiger partial charge in [-0.05, 0) is 55.3 Å². The molecule has 5 saturated carbocycles. The molecule has 3 heteroatoms. The summed E-state index contributed by atoms with van der Waals surface area (Å²) in [6.07, 6.45) is 5.82. The fourth-order valence-corrected chi connectivity index (χ4v) is 7.03. The van der Waals surface area contributed by atoms with Crippen LogP contribution < -0.4 is 0 Å². The number of hydrogen-bond acceptors (Lipinski definition) is 3. The van der Waals surface area contributed by atoms with Crippen molar-refractivity contribution in [3.8, 4) is 0 Å². The summed E-state index contributed by atoms with van der Waals surface area (Å²) >= 11 is 0. The molecule has 0 heterocycles. The SMILES string of the molecule is C=C1CC23CCC4C(C)(CO)C(=O)CCC4(C)C2CC1CC3=O. The molecule has 126 valence electrons. The number of aliphatic hydroxyl groups excluding tert-OH is 1. The molecular formula is C20H28O3. The molecule has 0 amide bonds. The van der Waals surface area contributed by atoms with Crippen LogP contribution in [0.25, 0.3) is 0 Å². The zero-order valence-corrected chi connectivity index (χ0v) is 14.4. The number of Topliss-reactive ketones (excluding diaryl/α,β-unsaturated/α-hetero) is 2. The first-order valence-electron chi connectivity index (χ1n) is 9.13. The molecule has 5 fully saturated rings. The maximum atomic E-state index is 12.9. The molecular weight excluding hydrogens is 288 g/mol. The predicted octanol–water partition coefficient (Wildman–Crippen LogP) is 3.31. The molecule has 0 aromatic heterocycles. The van der Waals surface area contributed by atoms with Gasteiger partial charge in [0, 0.05) is 18.3 Å². The van der Waals surface area contributed by atoms with E-state index in [1.54, 1.807) is 0 Å². The molecule has 5 aliphatic carbocycles. The summed E-state index contributed by atoms with van der Waals surface area (Å²) in [6.45, 7) is 8.46. The average molecular weight is 316 g/mol. The monoisotopic (exact) mass is 316 g/mol. The van der Waals surface area contributed by atoms with Crippen molar-refractivity contribution in [2.24, 2.45) is 34.0 Å². The standard InChI is InChI=1S/C20H28O3/c1-12-10-20-7-4-14-18(2,6-5-16(22)19(14,3)11-21)15(20)8-13(12)9-17(20)23/h13-15,21H,1,4-11H2,2-3H3. The van der Waals surface area contributed by atoms with Crippen LogP contribution in [0.1, 0.15) is 58.8 Å². The number of carbonyl (C=O) groups excluding carboxylic acids is 2. The van der Waals surface area contributed by atoms with E-state index in [0.717, 1.165) is 32.1 Å². The van der Waals surface area contributed by atoms with Crippen molar-refractivity contribution in [1.82, 2.24) is 0 Å². The third kappa shape index (κ3) is 1.70. The predicted molar refractivity (Wildman–Crippen MR) is 87.7 cm³/mol. The Morgan fingerprint density at radius 3 is 2.61 bits per heavy atom. The lowest BCUT2D eigenvalue weighted by Gasteiger charge is -2.66. The first-order chi connectivity index (χ1) is 10.8. The summed E-state index contributed by atoms with van der Waals surface area (Å²) in [4.78, 5) is 25.4. The largest absolute Gasteiger partial charge is 0.395 e. The Morgan fingerprint density at radius 2 is 1.91 bits per heavy atom. The highest BCUT2D eigenvalue weighted by Gasteiger charge is 2.67. The molecule has 23 heavy (non-hydrogen) atoms. The lowest BCUT2D eigenvalue weighted by Crippen LogP contribution is -2.64. The van der Waals surface area contributed by atoms with E-state index in [0.29, 0.717) is 30.5 Å². The molecule has 0 saturated heterocycles. The highest BCUT2D eigenvalue weighted by atomic mass is 16.3. The van der Waals surface area contributed by atoms with Crippen molar-refractivity contribution in [3.05, 3.63) is 12.2 Å². The molecule has 0 radical (unpaired) electrons. The van der Waals surface area contributed by atoms with E-state index in [1.807, 2.05) is 6.92 Å². The summed E-state index contributed by atoms with van der Waals surface area (Å²) in [5.74, 6) is 1.59. The zero-order valence-electron chi connectivity index (χ0n) is 14.4. The van der Waals surface area contributed by atoms with Gasteiger partial charge in [0.1, 0.15) is 11.6 Å². The highest BCUT2D eigenvalue weighted by Crippen LogP contribution is 2.70. The highest BCUT2D eigenvalue weighted by molar-refractivity contribution is 5.89. The lowest BCUT2D eigenvalue weighted by molar-refractivity contribution is -0.187. The third-order valence-electron chi connectivity index (χ3n) is 8.39. The normalized spacial score (nSPS) is 52.3. The Balaban J connectivity index is 1.80. The van der Waals surface area contributed by atoms with Crippen molar-refractivity contribution in [1.29, 1.82) is 0 Å². The van der Waals surface area contributed by atoms with Gasteiger partial charge in [0.05, 0.1) is 12.0 Å². The van der Waals surface area contributed by atoms with Crippen LogP contribution in [0.2, 0.25) is 0 Å². The van der Waals surface area contributed by atoms with Crippen molar-refractivity contribution in [2.45, 2.75) is 58.8 Å². The molecule has 2 bridgehead atoms. The number of carbonyl (C=O) groups is 2. The Morgan fingerprint density at radius 1 is 1.17 bits per heavy atom. The van der Waals surface area contributed by atoms with Crippen LogP contribution in [0.4, 0.5) is 0 Å². The van der Waals surface area contributed by atoms with E-state index in [1.165, 1.54) is 5.57 Å². The zero-order chi connectivity index (χ0) is 16.6. The minimum atomic E-state index is -0.620. The summed E-state index contributed by atoms with van der Waals surface area (Å²) in [7, 11) is 0. The first kappa shape index (κ1) is 15.6. The van der Waals surface area contributed by atoms with Gasteiger partial charge in [0.25, 0.3) is 0 Å². The molecule has 1 N–H and O–H groups in total. The summed E-state index contributed by atoms with van der Waals surface area (Å²) in [5, 5.41) is 9.99. The van der Waals surface area contributed by atoms with Crippen LogP contribution in [0.3, 0.4) is 0 Å². The van der Waals surface area contributed by atoms with E-state index in [2.05, 4.69) is 13.5 Å². The van der Waals surface area contributed by atoms with Gasteiger partial charge >= 0.3 is 0 Å². The Kier molecular flexibility index (Phi) is 3.09. The Labute approximate surface area is 138 Å².